The molecule has 0 saturated carbocycles. The summed E-state index contributed by atoms with van der Waals surface area (Å²) in [4.78, 5) is 13.8. The third-order valence-electron chi connectivity index (χ3n) is 3.34. The summed E-state index contributed by atoms with van der Waals surface area (Å²) < 4.78 is 10.6. The first-order valence-electron chi connectivity index (χ1n) is 6.55. The number of likely N-dealkylation sites (tertiary alicyclic amines) is 1. The lowest BCUT2D eigenvalue weighted by Crippen LogP contribution is -2.27. The number of ether oxygens (including phenoxy) is 1. The molecule has 1 aliphatic rings. The molecule has 1 aromatic carbocycles. The third-order valence-corrected chi connectivity index (χ3v) is 3.34. The van der Waals surface area contributed by atoms with Crippen molar-refractivity contribution < 1.29 is 13.9 Å². The van der Waals surface area contributed by atoms with Crippen molar-refractivity contribution in [2.45, 2.75) is 12.8 Å². The molecule has 104 valence electrons. The largest absolute Gasteiger partial charge is 0.497 e. The third kappa shape index (κ3) is 2.36. The number of carbonyl (C=O) groups excluding carboxylic acids is 1. The summed E-state index contributed by atoms with van der Waals surface area (Å²) >= 11 is 0. The molecule has 2 aromatic rings. The van der Waals surface area contributed by atoms with E-state index in [0.29, 0.717) is 5.89 Å². The smallest absolute Gasteiger partial charge is 0.311 e. The molecule has 0 atom stereocenters. The van der Waals surface area contributed by atoms with Gasteiger partial charge in [0, 0.05) is 18.7 Å². The van der Waals surface area contributed by atoms with Crippen LogP contribution in [0, 0.1) is 0 Å². The molecule has 1 fully saturated rings. The Labute approximate surface area is 116 Å². The zero-order chi connectivity index (χ0) is 13.9. The molecule has 3 rings (SSSR count). The monoisotopic (exact) mass is 273 g/mol. The number of carbonyl (C=O) groups is 1. The average molecular weight is 273 g/mol. The molecule has 20 heavy (non-hydrogen) atoms. The predicted octanol–water partition coefficient (Wildman–Crippen LogP) is 1.98. The Morgan fingerprint density at radius 2 is 1.90 bits per heavy atom. The Morgan fingerprint density at radius 3 is 2.55 bits per heavy atom. The van der Waals surface area contributed by atoms with E-state index in [1.54, 1.807) is 12.0 Å². The lowest BCUT2D eigenvalue weighted by Gasteiger charge is -2.11. The number of hydrogen-bond donors (Lipinski definition) is 0. The van der Waals surface area contributed by atoms with Crippen LogP contribution in [0.5, 0.6) is 5.75 Å². The lowest BCUT2D eigenvalue weighted by atomic mass is 10.2. The highest BCUT2D eigenvalue weighted by Crippen LogP contribution is 2.22. The summed E-state index contributed by atoms with van der Waals surface area (Å²) in [5.41, 5.74) is 0.763. The minimum absolute atomic E-state index is 0.0534. The number of aromatic nitrogens is 2. The Morgan fingerprint density at radius 1 is 1.20 bits per heavy atom. The molecule has 2 heterocycles. The highest BCUT2D eigenvalue weighted by molar-refractivity contribution is 5.89. The molecule has 1 saturated heterocycles. The van der Waals surface area contributed by atoms with Crippen molar-refractivity contribution in [1.29, 1.82) is 0 Å². The Hall–Kier alpha value is -2.37. The second-order valence-electron chi connectivity index (χ2n) is 4.64. The number of methoxy groups -OCH3 is 1. The highest BCUT2D eigenvalue weighted by atomic mass is 16.5. The molecule has 6 nitrogen and oxygen atoms in total. The van der Waals surface area contributed by atoms with Crippen LogP contribution >= 0.6 is 0 Å². The van der Waals surface area contributed by atoms with Crippen LogP contribution in [-0.2, 0) is 0 Å². The minimum atomic E-state index is -0.185. The van der Waals surface area contributed by atoms with Gasteiger partial charge in [0.2, 0.25) is 5.89 Å². The van der Waals surface area contributed by atoms with Crippen LogP contribution in [0.2, 0.25) is 0 Å². The van der Waals surface area contributed by atoms with Crippen molar-refractivity contribution in [3.05, 3.63) is 30.2 Å². The summed E-state index contributed by atoms with van der Waals surface area (Å²) in [5.74, 6) is 0.962. The first kappa shape index (κ1) is 12.7. The van der Waals surface area contributed by atoms with Gasteiger partial charge >= 0.3 is 11.8 Å². The molecular formula is C14H15N3O3. The van der Waals surface area contributed by atoms with E-state index in [0.717, 1.165) is 37.2 Å². The first-order valence-corrected chi connectivity index (χ1v) is 6.55. The normalized spacial score (nSPS) is 14.6. The van der Waals surface area contributed by atoms with Crippen LogP contribution in [0.3, 0.4) is 0 Å². The van der Waals surface area contributed by atoms with Gasteiger partial charge in [-0.25, -0.2) is 0 Å². The molecule has 1 amide bonds. The van der Waals surface area contributed by atoms with E-state index in [1.807, 2.05) is 24.3 Å². The van der Waals surface area contributed by atoms with Gasteiger partial charge in [-0.15, -0.1) is 10.2 Å². The van der Waals surface area contributed by atoms with E-state index >= 15 is 0 Å². The predicted molar refractivity (Wildman–Crippen MR) is 71.4 cm³/mol. The van der Waals surface area contributed by atoms with Crippen LogP contribution < -0.4 is 4.74 Å². The molecule has 0 N–H and O–H groups in total. The summed E-state index contributed by atoms with van der Waals surface area (Å²) in [6, 6.07) is 7.25. The number of rotatable bonds is 3. The van der Waals surface area contributed by atoms with Crippen molar-refractivity contribution in [1.82, 2.24) is 15.1 Å². The van der Waals surface area contributed by atoms with Crippen LogP contribution in [0.1, 0.15) is 23.5 Å². The van der Waals surface area contributed by atoms with Crippen LogP contribution in [0.25, 0.3) is 11.5 Å². The van der Waals surface area contributed by atoms with Crippen LogP contribution in [-0.4, -0.2) is 41.2 Å². The number of benzene rings is 1. The fraction of sp³-hybridized carbons (Fsp3) is 0.357. The van der Waals surface area contributed by atoms with Gasteiger partial charge < -0.3 is 14.1 Å². The van der Waals surface area contributed by atoms with E-state index in [1.165, 1.54) is 0 Å². The molecule has 6 heteroatoms. The summed E-state index contributed by atoms with van der Waals surface area (Å²) in [7, 11) is 1.61. The maximum Gasteiger partial charge on any atom is 0.311 e. The van der Waals surface area contributed by atoms with Gasteiger partial charge in [0.15, 0.2) is 0 Å². The van der Waals surface area contributed by atoms with Gasteiger partial charge in [-0.3, -0.25) is 4.79 Å². The zero-order valence-electron chi connectivity index (χ0n) is 11.2. The number of nitrogens with zero attached hydrogens (tertiary/aromatic N) is 3. The first-order chi connectivity index (χ1) is 9.78. The fourth-order valence-electron chi connectivity index (χ4n) is 2.22. The molecular weight excluding hydrogens is 258 g/mol. The second-order valence-corrected chi connectivity index (χ2v) is 4.64. The van der Waals surface area contributed by atoms with Crippen LogP contribution in [0.4, 0.5) is 0 Å². The second kappa shape index (κ2) is 5.32. The van der Waals surface area contributed by atoms with Crippen molar-refractivity contribution >= 4 is 5.91 Å². The average Bonchev–Trinajstić information content (AvgIpc) is 3.18. The Kier molecular flexibility index (Phi) is 3.37. The fourth-order valence-corrected chi connectivity index (χ4v) is 2.22. The maximum atomic E-state index is 12.1. The Balaban J connectivity index is 1.80. The van der Waals surface area contributed by atoms with Crippen molar-refractivity contribution in [2.75, 3.05) is 20.2 Å². The molecule has 0 radical (unpaired) electrons. The summed E-state index contributed by atoms with van der Waals surface area (Å²) in [5, 5.41) is 7.77. The van der Waals surface area contributed by atoms with Crippen LogP contribution in [0.15, 0.2) is 28.7 Å². The molecule has 1 aromatic heterocycles. The summed E-state index contributed by atoms with van der Waals surface area (Å²) in [6.45, 7) is 1.53. The van der Waals surface area contributed by atoms with Crippen molar-refractivity contribution in [3.63, 3.8) is 0 Å². The maximum absolute atomic E-state index is 12.1. The van der Waals surface area contributed by atoms with Gasteiger partial charge in [0.05, 0.1) is 7.11 Å². The van der Waals surface area contributed by atoms with E-state index in [4.69, 9.17) is 9.15 Å². The van der Waals surface area contributed by atoms with Gasteiger partial charge in [-0.2, -0.15) is 0 Å². The number of hydrogen-bond acceptors (Lipinski definition) is 5. The molecule has 0 unspecified atom stereocenters. The molecule has 0 bridgehead atoms. The van der Waals surface area contributed by atoms with Gasteiger partial charge in [-0.1, -0.05) is 0 Å². The van der Waals surface area contributed by atoms with Gasteiger partial charge in [0.1, 0.15) is 5.75 Å². The van der Waals surface area contributed by atoms with E-state index in [2.05, 4.69) is 10.2 Å². The molecule has 1 aliphatic heterocycles. The van der Waals surface area contributed by atoms with E-state index in [9.17, 15) is 4.79 Å². The minimum Gasteiger partial charge on any atom is -0.497 e. The standard InChI is InChI=1S/C14H15N3O3/c1-19-11-6-4-10(5-7-11)12-15-16-13(20-12)14(18)17-8-2-3-9-17/h4-7H,2-3,8-9H2,1H3. The van der Waals surface area contributed by atoms with Crippen molar-refractivity contribution in [3.8, 4) is 17.2 Å². The molecule has 0 aliphatic carbocycles. The highest BCUT2D eigenvalue weighted by Gasteiger charge is 2.24. The lowest BCUT2D eigenvalue weighted by molar-refractivity contribution is 0.0754. The van der Waals surface area contributed by atoms with E-state index in [-0.39, 0.29) is 11.8 Å². The molecule has 0 spiro atoms. The van der Waals surface area contributed by atoms with Gasteiger partial charge in [0.25, 0.3) is 0 Å². The Bertz CT molecular complexity index is 600. The SMILES string of the molecule is COc1ccc(-c2nnc(C(=O)N3CCCC3)o2)cc1. The van der Waals surface area contributed by atoms with E-state index < -0.39 is 0 Å². The number of amides is 1. The zero-order valence-corrected chi connectivity index (χ0v) is 11.2. The quantitative estimate of drug-likeness (QED) is 0.855. The van der Waals surface area contributed by atoms with Gasteiger partial charge in [-0.05, 0) is 37.1 Å². The van der Waals surface area contributed by atoms with Crippen molar-refractivity contribution in [2.24, 2.45) is 0 Å². The summed E-state index contributed by atoms with van der Waals surface area (Å²) in [6.07, 6.45) is 2.07. The topological polar surface area (TPSA) is 68.5 Å².